The van der Waals surface area contributed by atoms with E-state index in [1.807, 2.05) is 49.4 Å². The summed E-state index contributed by atoms with van der Waals surface area (Å²) >= 11 is 6.22. The normalized spacial score (nSPS) is 15.0. The summed E-state index contributed by atoms with van der Waals surface area (Å²) in [6, 6.07) is 16.2. The lowest BCUT2D eigenvalue weighted by Crippen LogP contribution is -2.35. The summed E-state index contributed by atoms with van der Waals surface area (Å²) in [6.07, 6.45) is 3.83. The number of benzene rings is 2. The minimum Gasteiger partial charge on any atom is -0.491 e. The number of aromatic amines is 1. The Morgan fingerprint density at radius 2 is 1.95 bits per heavy atom. The van der Waals surface area contributed by atoms with Crippen LogP contribution in [0, 0.1) is 0 Å². The van der Waals surface area contributed by atoms with Crippen molar-refractivity contribution in [3.05, 3.63) is 94.4 Å². The average Bonchev–Trinajstić information content (AvgIpc) is 3.36. The number of fused-ring (bicyclic) bond motifs is 3. The number of rotatable bonds is 9. The van der Waals surface area contributed by atoms with Crippen LogP contribution in [-0.4, -0.2) is 71.8 Å². The van der Waals surface area contributed by atoms with Gasteiger partial charge in [-0.1, -0.05) is 23.7 Å². The van der Waals surface area contributed by atoms with E-state index in [1.54, 1.807) is 24.1 Å². The molecule has 0 saturated carbocycles. The number of nitrogens with zero attached hydrogens (tertiary/aromatic N) is 2. The van der Waals surface area contributed by atoms with E-state index in [0.717, 1.165) is 41.6 Å². The summed E-state index contributed by atoms with van der Waals surface area (Å²) in [5.74, 6) is 0.294. The first-order valence-electron chi connectivity index (χ1n) is 13.0. The van der Waals surface area contributed by atoms with Crippen molar-refractivity contribution in [3.8, 4) is 5.75 Å². The van der Waals surface area contributed by atoms with E-state index in [-0.39, 0.29) is 25.1 Å². The predicted octanol–water partition coefficient (Wildman–Crippen LogP) is 4.14. The molecule has 0 bridgehead atoms. The quantitative estimate of drug-likeness (QED) is 0.263. The second kappa shape index (κ2) is 13.9. The van der Waals surface area contributed by atoms with Gasteiger partial charge < -0.3 is 29.8 Å². The van der Waals surface area contributed by atoms with Gasteiger partial charge in [0, 0.05) is 66.4 Å². The maximum Gasteiger partial charge on any atom is 0.251 e. The van der Waals surface area contributed by atoms with Crippen molar-refractivity contribution in [2.24, 2.45) is 0 Å². The van der Waals surface area contributed by atoms with Crippen LogP contribution in [0.15, 0.2) is 67.0 Å². The molecule has 0 spiro atoms. The Morgan fingerprint density at radius 3 is 2.62 bits per heavy atom. The van der Waals surface area contributed by atoms with Crippen LogP contribution in [0.25, 0.3) is 10.9 Å². The monoisotopic (exact) mass is 564 g/mol. The van der Waals surface area contributed by atoms with Crippen LogP contribution in [0.2, 0.25) is 5.02 Å². The molecule has 4 aromatic rings. The molecule has 40 heavy (non-hydrogen) atoms. The molecule has 210 valence electrons. The van der Waals surface area contributed by atoms with E-state index < -0.39 is 6.10 Å². The number of carbonyl (C=O) groups is 2. The number of carbonyl (C=O) groups excluding carboxylic acids is 2. The summed E-state index contributed by atoms with van der Waals surface area (Å²) in [7, 11) is 1.68. The Balaban J connectivity index is 0.000000867. The third-order valence-electron chi connectivity index (χ3n) is 6.63. The Morgan fingerprint density at radius 1 is 1.23 bits per heavy atom. The molecular weight excluding hydrogens is 532 g/mol. The van der Waals surface area contributed by atoms with Crippen molar-refractivity contribution < 1.29 is 24.2 Å². The first-order chi connectivity index (χ1) is 19.4. The maximum atomic E-state index is 12.1. The summed E-state index contributed by atoms with van der Waals surface area (Å²) in [5.41, 5.74) is 4.57. The number of hydrogen-bond acceptors (Lipinski definition) is 6. The highest BCUT2D eigenvalue weighted by molar-refractivity contribution is 6.31. The molecule has 2 amide bonds. The minimum atomic E-state index is -0.875. The van der Waals surface area contributed by atoms with Crippen molar-refractivity contribution in [2.75, 3.05) is 33.4 Å². The number of pyridine rings is 1. The number of halogens is 1. The SMILES string of the molecule is CCOC.O=CN1CCc2c([nH]c3ccc(Cl)cc23)C1c1ccc(OCC(O)CNC(=O)c2ccncc2)cc1. The zero-order valence-corrected chi connectivity index (χ0v) is 23.2. The van der Waals surface area contributed by atoms with Crippen LogP contribution < -0.4 is 10.1 Å². The molecule has 10 heteroatoms. The molecule has 0 radical (unpaired) electrons. The van der Waals surface area contributed by atoms with Gasteiger partial charge in [-0.05, 0) is 66.9 Å². The van der Waals surface area contributed by atoms with E-state index in [4.69, 9.17) is 16.3 Å². The number of amides is 2. The molecular formula is C30H33ClN4O5. The van der Waals surface area contributed by atoms with Crippen LogP contribution in [0.4, 0.5) is 0 Å². The molecule has 0 aliphatic carbocycles. The van der Waals surface area contributed by atoms with Crippen molar-refractivity contribution in [2.45, 2.75) is 25.5 Å². The van der Waals surface area contributed by atoms with Crippen LogP contribution in [0.1, 0.15) is 40.1 Å². The van der Waals surface area contributed by atoms with Crippen LogP contribution in [0.3, 0.4) is 0 Å². The highest BCUT2D eigenvalue weighted by Crippen LogP contribution is 2.38. The number of hydrogen-bond donors (Lipinski definition) is 3. The van der Waals surface area contributed by atoms with Gasteiger partial charge in [-0.15, -0.1) is 0 Å². The highest BCUT2D eigenvalue weighted by atomic mass is 35.5. The fourth-order valence-corrected chi connectivity index (χ4v) is 4.74. The van der Waals surface area contributed by atoms with Gasteiger partial charge in [0.1, 0.15) is 18.5 Å². The van der Waals surface area contributed by atoms with Gasteiger partial charge in [-0.25, -0.2) is 0 Å². The number of nitrogens with one attached hydrogen (secondary N) is 2. The Kier molecular flexibility index (Phi) is 10.1. The lowest BCUT2D eigenvalue weighted by Gasteiger charge is -2.33. The molecule has 2 atom stereocenters. The van der Waals surface area contributed by atoms with Crippen LogP contribution >= 0.6 is 11.6 Å². The highest BCUT2D eigenvalue weighted by Gasteiger charge is 2.31. The second-order valence-corrected chi connectivity index (χ2v) is 9.70. The smallest absolute Gasteiger partial charge is 0.251 e. The summed E-state index contributed by atoms with van der Waals surface area (Å²) < 4.78 is 10.3. The fraction of sp³-hybridized carbons (Fsp3) is 0.300. The van der Waals surface area contributed by atoms with Gasteiger partial charge in [0.2, 0.25) is 6.41 Å². The zero-order valence-electron chi connectivity index (χ0n) is 22.5. The molecule has 2 aromatic carbocycles. The molecule has 2 aromatic heterocycles. The molecule has 0 saturated heterocycles. The fourth-order valence-electron chi connectivity index (χ4n) is 4.56. The summed E-state index contributed by atoms with van der Waals surface area (Å²) in [4.78, 5) is 33.1. The Labute approximate surface area is 238 Å². The number of aliphatic hydroxyl groups is 1. The van der Waals surface area contributed by atoms with E-state index in [2.05, 4.69) is 20.0 Å². The molecule has 2 unspecified atom stereocenters. The lowest BCUT2D eigenvalue weighted by molar-refractivity contribution is -0.120. The predicted molar refractivity (Wildman–Crippen MR) is 154 cm³/mol. The lowest BCUT2D eigenvalue weighted by atomic mass is 9.93. The topological polar surface area (TPSA) is 117 Å². The van der Waals surface area contributed by atoms with Crippen molar-refractivity contribution in [1.29, 1.82) is 0 Å². The zero-order chi connectivity index (χ0) is 28.5. The maximum absolute atomic E-state index is 12.1. The van der Waals surface area contributed by atoms with Gasteiger partial charge in [0.25, 0.3) is 5.91 Å². The Bertz CT molecular complexity index is 1410. The van der Waals surface area contributed by atoms with E-state index in [1.165, 1.54) is 18.0 Å². The minimum absolute atomic E-state index is 0.0206. The van der Waals surface area contributed by atoms with Gasteiger partial charge in [0.05, 0.1) is 6.04 Å². The standard InChI is InChI=1S/C27H25ClN4O4.C3H8O/c28-19-3-6-24-23(13-19)22-9-12-32(16-33)26(25(22)31-24)17-1-4-21(5-2-17)36-15-20(34)14-30-27(35)18-7-10-29-11-8-18;1-3-4-2/h1-8,10-11,13,16,20,26,31,34H,9,12,14-15H2,(H,30,35);3H2,1-2H3. The van der Waals surface area contributed by atoms with Crippen LogP contribution in [-0.2, 0) is 16.0 Å². The molecule has 1 aliphatic heterocycles. The van der Waals surface area contributed by atoms with Crippen molar-refractivity contribution >= 4 is 34.8 Å². The molecule has 3 heterocycles. The number of methoxy groups -OCH3 is 1. The number of aliphatic hydroxyl groups excluding tert-OH is 1. The summed E-state index contributed by atoms with van der Waals surface area (Å²) in [5, 5.41) is 14.7. The Hall–Kier alpha value is -3.92. The largest absolute Gasteiger partial charge is 0.491 e. The van der Waals surface area contributed by atoms with Crippen LogP contribution in [0.5, 0.6) is 5.75 Å². The molecule has 0 fully saturated rings. The van der Waals surface area contributed by atoms with E-state index in [9.17, 15) is 14.7 Å². The molecule has 1 aliphatic rings. The molecule has 5 rings (SSSR count). The number of aromatic nitrogens is 2. The molecule has 9 nitrogen and oxygen atoms in total. The van der Waals surface area contributed by atoms with Gasteiger partial charge in [0.15, 0.2) is 0 Å². The van der Waals surface area contributed by atoms with E-state index in [0.29, 0.717) is 22.9 Å². The molecule has 3 N–H and O–H groups in total. The number of ether oxygens (including phenoxy) is 2. The third kappa shape index (κ3) is 6.98. The first kappa shape index (κ1) is 29.1. The van der Waals surface area contributed by atoms with E-state index >= 15 is 0 Å². The summed E-state index contributed by atoms with van der Waals surface area (Å²) in [6.45, 7) is 3.46. The average molecular weight is 565 g/mol. The third-order valence-corrected chi connectivity index (χ3v) is 6.86. The van der Waals surface area contributed by atoms with Gasteiger partial charge >= 0.3 is 0 Å². The van der Waals surface area contributed by atoms with Crippen molar-refractivity contribution in [1.82, 2.24) is 20.2 Å². The van der Waals surface area contributed by atoms with Gasteiger partial charge in [-0.2, -0.15) is 0 Å². The first-order valence-corrected chi connectivity index (χ1v) is 13.4. The number of H-pyrrole nitrogens is 1. The van der Waals surface area contributed by atoms with Gasteiger partial charge in [-0.3, -0.25) is 14.6 Å². The second-order valence-electron chi connectivity index (χ2n) is 9.26. The van der Waals surface area contributed by atoms with Crippen molar-refractivity contribution in [3.63, 3.8) is 0 Å².